The van der Waals surface area contributed by atoms with Gasteiger partial charge in [-0.15, -0.1) is 0 Å². The van der Waals surface area contributed by atoms with Crippen LogP contribution in [0.25, 0.3) is 0 Å². The van der Waals surface area contributed by atoms with Gasteiger partial charge in [0.15, 0.2) is 0 Å². The van der Waals surface area contributed by atoms with Crippen LogP contribution in [-0.4, -0.2) is 30.8 Å². The third kappa shape index (κ3) is 5.15. The molecule has 0 aliphatic rings. The molecule has 0 fully saturated rings. The zero-order valence-corrected chi connectivity index (χ0v) is 12.3. The highest BCUT2D eigenvalue weighted by Crippen LogP contribution is 2.10. The monoisotopic (exact) mass is 300 g/mol. The lowest BCUT2D eigenvalue weighted by atomic mass is 10.1. The van der Waals surface area contributed by atoms with Crippen molar-refractivity contribution in [1.29, 1.82) is 0 Å². The van der Waals surface area contributed by atoms with Crippen LogP contribution in [0.3, 0.4) is 0 Å². The van der Waals surface area contributed by atoms with Crippen LogP contribution in [0.1, 0.15) is 26.0 Å². The Bertz CT molecular complexity index is 316. The first kappa shape index (κ1) is 14.6. The van der Waals surface area contributed by atoms with E-state index < -0.39 is 0 Å². The second kappa shape index (κ2) is 7.80. The first-order valence-electron chi connectivity index (χ1n) is 6.04. The lowest BCUT2D eigenvalue weighted by molar-refractivity contribution is 0.0827. The summed E-state index contributed by atoms with van der Waals surface area (Å²) in [6.07, 6.45) is 4.04. The summed E-state index contributed by atoms with van der Waals surface area (Å²) in [6, 6.07) is 4.39. The third-order valence-corrected chi connectivity index (χ3v) is 3.28. The van der Waals surface area contributed by atoms with E-state index in [1.807, 2.05) is 18.3 Å². The summed E-state index contributed by atoms with van der Waals surface area (Å²) in [7, 11) is 1.75. The van der Waals surface area contributed by atoms with Crippen molar-refractivity contribution in [2.75, 3.05) is 13.7 Å². The van der Waals surface area contributed by atoms with Crippen molar-refractivity contribution < 1.29 is 4.74 Å². The van der Waals surface area contributed by atoms with E-state index in [2.05, 4.69) is 40.1 Å². The molecule has 1 rings (SSSR count). The SMILES string of the molecule is CCCNC(Cc1ccc(Br)cn1)C(C)OC. The summed E-state index contributed by atoms with van der Waals surface area (Å²) in [6.45, 7) is 5.26. The van der Waals surface area contributed by atoms with Crippen LogP contribution >= 0.6 is 15.9 Å². The predicted octanol–water partition coefficient (Wildman–Crippen LogP) is 2.79. The van der Waals surface area contributed by atoms with Gasteiger partial charge in [-0.05, 0) is 48.0 Å². The number of pyridine rings is 1. The standard InChI is InChI=1S/C13H21BrN2O/c1-4-7-15-13(10(2)17-3)8-12-6-5-11(14)9-16-12/h5-6,9-10,13,15H,4,7-8H2,1-3H3. The van der Waals surface area contributed by atoms with Crippen LogP contribution in [0.15, 0.2) is 22.8 Å². The summed E-state index contributed by atoms with van der Waals surface area (Å²) in [5.41, 5.74) is 1.09. The van der Waals surface area contributed by atoms with E-state index in [0.29, 0.717) is 6.04 Å². The molecule has 0 radical (unpaired) electrons. The minimum absolute atomic E-state index is 0.187. The van der Waals surface area contributed by atoms with Gasteiger partial charge in [0, 0.05) is 35.9 Å². The van der Waals surface area contributed by atoms with Gasteiger partial charge in [-0.2, -0.15) is 0 Å². The van der Waals surface area contributed by atoms with Gasteiger partial charge in [0.25, 0.3) is 0 Å². The number of hydrogen-bond acceptors (Lipinski definition) is 3. The Morgan fingerprint density at radius 2 is 2.24 bits per heavy atom. The highest BCUT2D eigenvalue weighted by Gasteiger charge is 2.16. The highest BCUT2D eigenvalue weighted by atomic mass is 79.9. The average molecular weight is 301 g/mol. The molecular formula is C13H21BrN2O. The van der Waals surface area contributed by atoms with E-state index in [1.54, 1.807) is 7.11 Å². The number of nitrogens with zero attached hydrogens (tertiary/aromatic N) is 1. The predicted molar refractivity (Wildman–Crippen MR) is 74.2 cm³/mol. The highest BCUT2D eigenvalue weighted by molar-refractivity contribution is 9.10. The molecule has 0 aliphatic carbocycles. The van der Waals surface area contributed by atoms with Gasteiger partial charge in [0.1, 0.15) is 0 Å². The maximum absolute atomic E-state index is 5.41. The number of methoxy groups -OCH3 is 1. The number of aromatic nitrogens is 1. The maximum atomic E-state index is 5.41. The fourth-order valence-corrected chi connectivity index (χ4v) is 1.89. The van der Waals surface area contributed by atoms with Crippen molar-refractivity contribution in [2.24, 2.45) is 0 Å². The molecule has 0 saturated heterocycles. The minimum atomic E-state index is 0.187. The molecule has 1 aromatic heterocycles. The van der Waals surface area contributed by atoms with E-state index >= 15 is 0 Å². The van der Waals surface area contributed by atoms with Crippen LogP contribution in [0, 0.1) is 0 Å². The van der Waals surface area contributed by atoms with Gasteiger partial charge in [-0.3, -0.25) is 4.98 Å². The summed E-state index contributed by atoms with van der Waals surface area (Å²) < 4.78 is 6.42. The molecule has 1 heterocycles. The van der Waals surface area contributed by atoms with Crippen LogP contribution < -0.4 is 5.32 Å². The minimum Gasteiger partial charge on any atom is -0.380 e. The Labute approximate surface area is 112 Å². The molecule has 1 aromatic rings. The molecule has 2 unspecified atom stereocenters. The molecule has 1 N–H and O–H groups in total. The van der Waals surface area contributed by atoms with Crippen LogP contribution in [0.5, 0.6) is 0 Å². The van der Waals surface area contributed by atoms with Gasteiger partial charge >= 0.3 is 0 Å². The lowest BCUT2D eigenvalue weighted by Gasteiger charge is -2.23. The smallest absolute Gasteiger partial charge is 0.0699 e. The first-order valence-corrected chi connectivity index (χ1v) is 6.83. The van der Waals surface area contributed by atoms with Crippen molar-refractivity contribution in [3.63, 3.8) is 0 Å². The molecule has 0 spiro atoms. The van der Waals surface area contributed by atoms with Gasteiger partial charge in [0.2, 0.25) is 0 Å². The zero-order valence-electron chi connectivity index (χ0n) is 10.7. The Balaban J connectivity index is 2.61. The van der Waals surface area contributed by atoms with Gasteiger partial charge in [-0.1, -0.05) is 6.92 Å². The molecule has 0 saturated carbocycles. The van der Waals surface area contributed by atoms with Crippen LogP contribution in [0.2, 0.25) is 0 Å². The molecule has 0 aliphatic heterocycles. The molecule has 0 amide bonds. The Hall–Kier alpha value is -0.450. The molecule has 3 nitrogen and oxygen atoms in total. The fourth-order valence-electron chi connectivity index (χ4n) is 1.65. The number of ether oxygens (including phenoxy) is 1. The topological polar surface area (TPSA) is 34.2 Å². The Morgan fingerprint density at radius 3 is 2.76 bits per heavy atom. The molecule has 2 atom stereocenters. The van der Waals surface area contributed by atoms with E-state index in [-0.39, 0.29) is 6.10 Å². The molecule has 0 bridgehead atoms. The fraction of sp³-hybridized carbons (Fsp3) is 0.615. The first-order chi connectivity index (χ1) is 8.17. The normalized spacial score (nSPS) is 14.6. The van der Waals surface area contributed by atoms with Crippen LogP contribution in [-0.2, 0) is 11.2 Å². The maximum Gasteiger partial charge on any atom is 0.0699 e. The molecule has 4 heteroatoms. The largest absolute Gasteiger partial charge is 0.380 e. The van der Waals surface area contributed by atoms with Crippen molar-refractivity contribution in [1.82, 2.24) is 10.3 Å². The average Bonchev–Trinajstić information content (AvgIpc) is 2.36. The number of nitrogens with one attached hydrogen (secondary N) is 1. The summed E-state index contributed by atoms with van der Waals surface area (Å²) in [4.78, 5) is 4.40. The quantitative estimate of drug-likeness (QED) is 0.841. The molecule has 0 aromatic carbocycles. The van der Waals surface area contributed by atoms with Gasteiger partial charge < -0.3 is 10.1 Å². The van der Waals surface area contributed by atoms with E-state index in [1.165, 1.54) is 0 Å². The Morgan fingerprint density at radius 1 is 1.47 bits per heavy atom. The van der Waals surface area contributed by atoms with Crippen molar-refractivity contribution in [3.8, 4) is 0 Å². The summed E-state index contributed by atoms with van der Waals surface area (Å²) in [5.74, 6) is 0. The van der Waals surface area contributed by atoms with Crippen molar-refractivity contribution in [3.05, 3.63) is 28.5 Å². The number of halogens is 1. The molecule has 17 heavy (non-hydrogen) atoms. The third-order valence-electron chi connectivity index (χ3n) is 2.81. The van der Waals surface area contributed by atoms with Crippen LogP contribution in [0.4, 0.5) is 0 Å². The summed E-state index contributed by atoms with van der Waals surface area (Å²) in [5, 5.41) is 3.51. The molecule has 96 valence electrons. The van der Waals surface area contributed by atoms with Gasteiger partial charge in [0.05, 0.1) is 6.10 Å². The summed E-state index contributed by atoms with van der Waals surface area (Å²) >= 11 is 3.39. The van der Waals surface area contributed by atoms with E-state index in [0.717, 1.165) is 29.6 Å². The lowest BCUT2D eigenvalue weighted by Crippen LogP contribution is -2.41. The second-order valence-corrected chi connectivity index (χ2v) is 5.09. The Kier molecular flexibility index (Phi) is 6.70. The zero-order chi connectivity index (χ0) is 12.7. The second-order valence-electron chi connectivity index (χ2n) is 4.17. The molecular weight excluding hydrogens is 280 g/mol. The van der Waals surface area contributed by atoms with E-state index in [4.69, 9.17) is 4.74 Å². The van der Waals surface area contributed by atoms with Crippen molar-refractivity contribution in [2.45, 2.75) is 38.8 Å². The van der Waals surface area contributed by atoms with Crippen molar-refractivity contribution >= 4 is 15.9 Å². The van der Waals surface area contributed by atoms with E-state index in [9.17, 15) is 0 Å². The number of hydrogen-bond donors (Lipinski definition) is 1. The number of rotatable bonds is 7. The van der Waals surface area contributed by atoms with Gasteiger partial charge in [-0.25, -0.2) is 0 Å².